The fraction of sp³-hybridized carbons (Fsp3) is 0.364. The van der Waals surface area contributed by atoms with Crippen LogP contribution < -0.4 is 0 Å². The van der Waals surface area contributed by atoms with Gasteiger partial charge in [0.05, 0.1) is 11.1 Å². The van der Waals surface area contributed by atoms with Crippen molar-refractivity contribution < 1.29 is 19.1 Å². The molecule has 0 spiro atoms. The van der Waals surface area contributed by atoms with Gasteiger partial charge in [0, 0.05) is 0 Å². The summed E-state index contributed by atoms with van der Waals surface area (Å²) in [5.74, 6) is -0.500. The van der Waals surface area contributed by atoms with E-state index in [1.165, 1.54) is 0 Å². The first kappa shape index (κ1) is 19.7. The molecule has 2 aromatic carbocycles. The first-order valence-corrected chi connectivity index (χ1v) is 9.03. The van der Waals surface area contributed by atoms with E-state index in [2.05, 4.69) is 13.8 Å². The smallest absolute Gasteiger partial charge is 0.338 e. The van der Waals surface area contributed by atoms with Crippen molar-refractivity contribution in [2.45, 2.75) is 45.8 Å². The summed E-state index contributed by atoms with van der Waals surface area (Å²) in [6, 6.07) is 17.7. The number of hydrogen-bond acceptors (Lipinski definition) is 4. The van der Waals surface area contributed by atoms with Gasteiger partial charge in [-0.15, -0.1) is 0 Å². The lowest BCUT2D eigenvalue weighted by Crippen LogP contribution is -2.36. The molecule has 4 heteroatoms. The van der Waals surface area contributed by atoms with Crippen LogP contribution in [-0.4, -0.2) is 24.1 Å². The summed E-state index contributed by atoms with van der Waals surface area (Å²) in [4.78, 5) is 24.8. The Hall–Kier alpha value is -2.62. The van der Waals surface area contributed by atoms with Crippen LogP contribution in [0.2, 0.25) is 0 Å². The van der Waals surface area contributed by atoms with Gasteiger partial charge >= 0.3 is 11.9 Å². The van der Waals surface area contributed by atoms with Crippen molar-refractivity contribution in [3.05, 3.63) is 71.8 Å². The van der Waals surface area contributed by atoms with Crippen molar-refractivity contribution in [3.63, 3.8) is 0 Å². The lowest BCUT2D eigenvalue weighted by atomic mass is 9.99. The monoisotopic (exact) mass is 354 g/mol. The van der Waals surface area contributed by atoms with Crippen molar-refractivity contribution in [1.82, 2.24) is 0 Å². The van der Waals surface area contributed by atoms with E-state index in [4.69, 9.17) is 9.47 Å². The third-order valence-electron chi connectivity index (χ3n) is 4.06. The van der Waals surface area contributed by atoms with Crippen LogP contribution in [0.25, 0.3) is 0 Å². The minimum absolute atomic E-state index is 0.299. The molecule has 138 valence electrons. The van der Waals surface area contributed by atoms with Crippen LogP contribution in [0, 0.1) is 5.92 Å². The van der Waals surface area contributed by atoms with Crippen LogP contribution in [0.3, 0.4) is 0 Å². The Labute approximate surface area is 155 Å². The van der Waals surface area contributed by atoms with Gasteiger partial charge in [0.1, 0.15) is 12.2 Å². The topological polar surface area (TPSA) is 52.6 Å². The van der Waals surface area contributed by atoms with Gasteiger partial charge in [0.25, 0.3) is 0 Å². The predicted octanol–water partition coefficient (Wildman–Crippen LogP) is 4.89. The molecule has 2 aromatic rings. The van der Waals surface area contributed by atoms with Crippen molar-refractivity contribution in [3.8, 4) is 0 Å². The van der Waals surface area contributed by atoms with Crippen molar-refractivity contribution >= 4 is 11.9 Å². The Morgan fingerprint density at radius 1 is 0.769 bits per heavy atom. The summed E-state index contributed by atoms with van der Waals surface area (Å²) < 4.78 is 11.4. The van der Waals surface area contributed by atoms with E-state index < -0.39 is 24.1 Å². The summed E-state index contributed by atoms with van der Waals surface area (Å²) >= 11 is 0. The van der Waals surface area contributed by atoms with Crippen LogP contribution >= 0.6 is 0 Å². The molecule has 0 aromatic heterocycles. The summed E-state index contributed by atoms with van der Waals surface area (Å²) in [7, 11) is 0. The number of hydrogen-bond donors (Lipinski definition) is 0. The van der Waals surface area contributed by atoms with E-state index in [9.17, 15) is 9.59 Å². The van der Waals surface area contributed by atoms with Gasteiger partial charge in [0.2, 0.25) is 0 Å². The predicted molar refractivity (Wildman–Crippen MR) is 101 cm³/mol. The number of carbonyl (C=O) groups excluding carboxylic acids is 2. The van der Waals surface area contributed by atoms with E-state index in [0.29, 0.717) is 29.9 Å². The van der Waals surface area contributed by atoms with Gasteiger partial charge in [-0.1, -0.05) is 57.2 Å². The molecule has 0 aliphatic rings. The van der Waals surface area contributed by atoms with Crippen LogP contribution in [0.4, 0.5) is 0 Å². The quantitative estimate of drug-likeness (QED) is 0.633. The van der Waals surface area contributed by atoms with E-state index in [-0.39, 0.29) is 0 Å². The Morgan fingerprint density at radius 2 is 1.19 bits per heavy atom. The number of rotatable bonds is 8. The van der Waals surface area contributed by atoms with Crippen LogP contribution in [-0.2, 0) is 9.47 Å². The molecule has 0 saturated heterocycles. The molecule has 0 saturated carbocycles. The molecule has 0 bridgehead atoms. The highest BCUT2D eigenvalue weighted by Gasteiger charge is 2.29. The molecule has 0 aliphatic carbocycles. The van der Waals surface area contributed by atoms with Crippen molar-refractivity contribution in [2.75, 3.05) is 0 Å². The van der Waals surface area contributed by atoms with E-state index in [1.807, 2.05) is 19.1 Å². The maximum atomic E-state index is 12.5. The lowest BCUT2D eigenvalue weighted by Gasteiger charge is -2.27. The molecule has 0 radical (unpaired) electrons. The highest BCUT2D eigenvalue weighted by atomic mass is 16.6. The van der Waals surface area contributed by atoms with Gasteiger partial charge in [-0.3, -0.25) is 0 Å². The molecule has 0 amide bonds. The second-order valence-corrected chi connectivity index (χ2v) is 6.66. The molecule has 2 atom stereocenters. The zero-order valence-electron chi connectivity index (χ0n) is 15.6. The fourth-order valence-corrected chi connectivity index (χ4v) is 2.72. The Kier molecular flexibility index (Phi) is 7.39. The second-order valence-electron chi connectivity index (χ2n) is 6.66. The van der Waals surface area contributed by atoms with E-state index >= 15 is 0 Å². The maximum absolute atomic E-state index is 12.5. The Morgan fingerprint density at radius 3 is 1.58 bits per heavy atom. The van der Waals surface area contributed by atoms with Crippen LogP contribution in [0.1, 0.15) is 54.3 Å². The molecule has 0 N–H and O–H groups in total. The molecule has 0 heterocycles. The third kappa shape index (κ3) is 5.73. The summed E-state index contributed by atoms with van der Waals surface area (Å²) in [5, 5.41) is 0. The van der Waals surface area contributed by atoms with Crippen LogP contribution in [0.15, 0.2) is 60.7 Å². The summed E-state index contributed by atoms with van der Waals surface area (Å²) in [5.41, 5.74) is 0.981. The third-order valence-corrected chi connectivity index (χ3v) is 4.06. The number of ether oxygens (including phenoxy) is 2. The Bertz CT molecular complexity index is 695. The molecule has 4 nitrogen and oxygen atoms in total. The van der Waals surface area contributed by atoms with Gasteiger partial charge in [-0.05, 0) is 43.0 Å². The molecule has 2 unspecified atom stereocenters. The first-order chi connectivity index (χ1) is 12.5. The van der Waals surface area contributed by atoms with Gasteiger partial charge < -0.3 is 9.47 Å². The molecular formula is C22H26O4. The normalized spacial score (nSPS) is 13.1. The zero-order valence-corrected chi connectivity index (χ0v) is 15.6. The molecule has 0 fully saturated rings. The number of carbonyl (C=O) groups is 2. The van der Waals surface area contributed by atoms with E-state index in [0.717, 1.165) is 0 Å². The first-order valence-electron chi connectivity index (χ1n) is 9.03. The van der Waals surface area contributed by atoms with Crippen molar-refractivity contribution in [2.24, 2.45) is 5.92 Å². The zero-order chi connectivity index (χ0) is 18.9. The molecular weight excluding hydrogens is 328 g/mol. The van der Waals surface area contributed by atoms with Crippen LogP contribution in [0.5, 0.6) is 0 Å². The molecule has 2 rings (SSSR count). The number of benzene rings is 2. The van der Waals surface area contributed by atoms with Crippen molar-refractivity contribution in [1.29, 1.82) is 0 Å². The largest absolute Gasteiger partial charge is 0.455 e. The average molecular weight is 354 g/mol. The summed E-state index contributed by atoms with van der Waals surface area (Å²) in [6.45, 7) is 6.02. The highest BCUT2D eigenvalue weighted by molar-refractivity contribution is 5.90. The lowest BCUT2D eigenvalue weighted by molar-refractivity contribution is -0.0431. The van der Waals surface area contributed by atoms with Gasteiger partial charge in [0.15, 0.2) is 0 Å². The average Bonchev–Trinajstić information content (AvgIpc) is 2.66. The van der Waals surface area contributed by atoms with Gasteiger partial charge in [-0.2, -0.15) is 0 Å². The standard InChI is InChI=1S/C22H26O4/c1-4-19(25-21(23)17-11-7-5-8-12-17)20(15-16(2)3)26-22(24)18-13-9-6-10-14-18/h5-14,16,19-20H,4,15H2,1-3H3. The SMILES string of the molecule is CCC(OC(=O)c1ccccc1)C(CC(C)C)OC(=O)c1ccccc1. The minimum Gasteiger partial charge on any atom is -0.455 e. The maximum Gasteiger partial charge on any atom is 0.338 e. The fourth-order valence-electron chi connectivity index (χ4n) is 2.72. The summed E-state index contributed by atoms with van der Waals surface area (Å²) in [6.07, 6.45) is 0.218. The second kappa shape index (κ2) is 9.76. The molecule has 0 aliphatic heterocycles. The van der Waals surface area contributed by atoms with E-state index in [1.54, 1.807) is 48.5 Å². The number of esters is 2. The Balaban J connectivity index is 2.12. The highest BCUT2D eigenvalue weighted by Crippen LogP contribution is 2.20. The van der Waals surface area contributed by atoms with Gasteiger partial charge in [-0.25, -0.2) is 9.59 Å². The molecule has 26 heavy (non-hydrogen) atoms. The minimum atomic E-state index is -0.488.